The number of hydrogen-bond acceptors (Lipinski definition) is 6. The highest BCUT2D eigenvalue weighted by molar-refractivity contribution is 9.12. The smallest absolute Gasteiger partial charge is 0.312 e. The minimum Gasteiger partial charge on any atom is -0.312 e. The van der Waals surface area contributed by atoms with Gasteiger partial charge < -0.3 is 4.84 Å². The summed E-state index contributed by atoms with van der Waals surface area (Å²) in [5.41, 5.74) is 1.53. The van der Waals surface area contributed by atoms with E-state index in [4.69, 9.17) is 4.84 Å². The van der Waals surface area contributed by atoms with Gasteiger partial charge in [0.05, 0.1) is 15.0 Å². The third-order valence-electron chi connectivity index (χ3n) is 3.16. The summed E-state index contributed by atoms with van der Waals surface area (Å²) in [6, 6.07) is 4.98. The van der Waals surface area contributed by atoms with Gasteiger partial charge in [-0.3, -0.25) is 14.9 Å². The van der Waals surface area contributed by atoms with Crippen molar-refractivity contribution in [3.63, 3.8) is 0 Å². The van der Waals surface area contributed by atoms with Crippen molar-refractivity contribution >= 4 is 39.1 Å². The summed E-state index contributed by atoms with van der Waals surface area (Å²) in [7, 11) is 0. The number of non-ortho nitro benzene ring substituents is 1. The maximum Gasteiger partial charge on any atom is 0.365 e. The zero-order chi connectivity index (χ0) is 17.1. The average Bonchev–Trinajstić information content (AvgIpc) is 2.52. The van der Waals surface area contributed by atoms with E-state index in [9.17, 15) is 19.7 Å². The lowest BCUT2D eigenvalue weighted by Gasteiger charge is -2.13. The first-order valence-electron chi connectivity index (χ1n) is 6.45. The summed E-state index contributed by atoms with van der Waals surface area (Å²) < 4.78 is 0.355. The Morgan fingerprint density at radius 3 is 2.43 bits per heavy atom. The lowest BCUT2D eigenvalue weighted by molar-refractivity contribution is -0.384. The molecule has 1 aromatic rings. The number of carbonyl (C=O) groups is 2. The van der Waals surface area contributed by atoms with Crippen LogP contribution in [0.4, 0.5) is 5.69 Å². The van der Waals surface area contributed by atoms with Crippen LogP contribution in [0.15, 0.2) is 51.1 Å². The molecule has 1 aliphatic rings. The molecule has 2 rings (SSSR count). The van der Waals surface area contributed by atoms with E-state index in [0.29, 0.717) is 21.3 Å². The maximum absolute atomic E-state index is 11.9. The first kappa shape index (κ1) is 16.8. The van der Waals surface area contributed by atoms with E-state index in [0.717, 1.165) is 0 Å². The largest absolute Gasteiger partial charge is 0.365 e. The van der Waals surface area contributed by atoms with Gasteiger partial charge in [0.25, 0.3) is 5.69 Å². The van der Waals surface area contributed by atoms with Crippen LogP contribution >= 0.6 is 15.9 Å². The highest BCUT2D eigenvalue weighted by Gasteiger charge is 2.21. The number of oxime groups is 1. The third kappa shape index (κ3) is 3.59. The fourth-order valence-electron chi connectivity index (χ4n) is 1.91. The van der Waals surface area contributed by atoms with Crippen molar-refractivity contribution in [2.24, 2.45) is 5.16 Å². The van der Waals surface area contributed by atoms with Crippen LogP contribution in [0.25, 0.3) is 0 Å². The third-order valence-corrected chi connectivity index (χ3v) is 4.14. The van der Waals surface area contributed by atoms with E-state index in [1.54, 1.807) is 13.8 Å². The summed E-state index contributed by atoms with van der Waals surface area (Å²) in [6.45, 7) is 3.36. The van der Waals surface area contributed by atoms with Crippen molar-refractivity contribution < 1.29 is 19.3 Å². The van der Waals surface area contributed by atoms with Crippen molar-refractivity contribution in [1.29, 1.82) is 0 Å². The summed E-state index contributed by atoms with van der Waals surface area (Å²) >= 11 is 3.16. The number of nitrogens with zero attached hydrogens (tertiary/aromatic N) is 2. The van der Waals surface area contributed by atoms with Crippen LogP contribution in [-0.2, 0) is 9.63 Å². The Kier molecular flexibility index (Phi) is 4.85. The van der Waals surface area contributed by atoms with E-state index < -0.39 is 10.9 Å². The molecule has 23 heavy (non-hydrogen) atoms. The molecular formula is C15H11BrN2O5. The monoisotopic (exact) mass is 378 g/mol. The second-order valence-corrected chi connectivity index (χ2v) is 5.55. The number of ketones is 1. The minimum absolute atomic E-state index is 0.125. The van der Waals surface area contributed by atoms with Crippen molar-refractivity contribution in [1.82, 2.24) is 0 Å². The zero-order valence-corrected chi connectivity index (χ0v) is 13.8. The summed E-state index contributed by atoms with van der Waals surface area (Å²) in [6.07, 6.45) is 1.38. The van der Waals surface area contributed by atoms with E-state index in [1.165, 1.54) is 30.3 Å². The standard InChI is InChI=1S/C15H11BrN2O5/c1-8-7-12(19)13(16)9(2)14(8)17-23-15(20)10-3-5-11(6-4-10)18(21)22/h3-7H,1-2H3. The van der Waals surface area contributed by atoms with Crippen LogP contribution in [0.2, 0.25) is 0 Å². The number of nitro benzene ring substituents is 1. The summed E-state index contributed by atoms with van der Waals surface area (Å²) in [4.78, 5) is 38.4. The molecule has 0 fully saturated rings. The Bertz CT molecular complexity index is 791. The molecule has 1 aromatic carbocycles. The molecule has 0 N–H and O–H groups in total. The molecule has 0 aromatic heterocycles. The van der Waals surface area contributed by atoms with E-state index >= 15 is 0 Å². The highest BCUT2D eigenvalue weighted by atomic mass is 79.9. The molecule has 0 aliphatic heterocycles. The Hall–Kier alpha value is -2.61. The van der Waals surface area contributed by atoms with Crippen LogP contribution in [-0.4, -0.2) is 22.4 Å². The molecule has 1 aliphatic carbocycles. The first-order valence-corrected chi connectivity index (χ1v) is 7.24. The Morgan fingerprint density at radius 1 is 1.26 bits per heavy atom. The molecule has 0 spiro atoms. The van der Waals surface area contributed by atoms with E-state index in [1.807, 2.05) is 0 Å². The zero-order valence-electron chi connectivity index (χ0n) is 12.2. The predicted octanol–water partition coefficient (Wildman–Crippen LogP) is 3.31. The second kappa shape index (κ2) is 6.66. The molecule has 0 unspecified atom stereocenters. The highest BCUT2D eigenvalue weighted by Crippen LogP contribution is 2.24. The lowest BCUT2D eigenvalue weighted by atomic mass is 9.98. The number of rotatable bonds is 3. The van der Waals surface area contributed by atoms with Gasteiger partial charge in [-0.1, -0.05) is 5.16 Å². The van der Waals surface area contributed by atoms with Crippen LogP contribution in [0.1, 0.15) is 24.2 Å². The topological polar surface area (TPSA) is 98.9 Å². The van der Waals surface area contributed by atoms with Gasteiger partial charge in [-0.25, -0.2) is 4.79 Å². The molecule has 0 heterocycles. The fraction of sp³-hybridized carbons (Fsp3) is 0.133. The average molecular weight is 379 g/mol. The normalized spacial score (nSPS) is 16.4. The van der Waals surface area contributed by atoms with Gasteiger partial charge in [0.2, 0.25) is 0 Å². The number of carbonyl (C=O) groups excluding carboxylic acids is 2. The number of hydrogen-bond donors (Lipinski definition) is 0. The van der Waals surface area contributed by atoms with Crippen molar-refractivity contribution in [3.8, 4) is 0 Å². The Morgan fingerprint density at radius 2 is 1.87 bits per heavy atom. The number of benzene rings is 1. The van der Waals surface area contributed by atoms with Crippen molar-refractivity contribution in [2.75, 3.05) is 0 Å². The SMILES string of the molecule is CC1=CC(=O)C(Br)=C(C)C1=NOC(=O)c1ccc([N+](=O)[O-])cc1. The quantitative estimate of drug-likeness (QED) is 0.347. The molecule has 0 atom stereocenters. The van der Waals surface area contributed by atoms with Gasteiger partial charge in [-0.15, -0.1) is 0 Å². The number of halogens is 1. The van der Waals surface area contributed by atoms with Gasteiger partial charge in [0, 0.05) is 12.1 Å². The molecule has 0 saturated carbocycles. The van der Waals surface area contributed by atoms with Crippen LogP contribution in [0.5, 0.6) is 0 Å². The van der Waals surface area contributed by atoms with Gasteiger partial charge in [-0.05, 0) is 59.1 Å². The number of nitro groups is 1. The Labute approximate surface area is 139 Å². The predicted molar refractivity (Wildman–Crippen MR) is 86.3 cm³/mol. The van der Waals surface area contributed by atoms with Crippen LogP contribution in [0, 0.1) is 10.1 Å². The summed E-state index contributed by atoms with van der Waals surface area (Å²) in [5, 5.41) is 14.4. The molecular weight excluding hydrogens is 368 g/mol. The van der Waals surface area contributed by atoms with Crippen molar-refractivity contribution in [2.45, 2.75) is 13.8 Å². The molecule has 0 amide bonds. The maximum atomic E-state index is 11.9. The van der Waals surface area contributed by atoms with Crippen LogP contribution in [0.3, 0.4) is 0 Å². The summed E-state index contributed by atoms with van der Waals surface area (Å²) in [5.74, 6) is -0.929. The van der Waals surface area contributed by atoms with Gasteiger partial charge in [0.15, 0.2) is 5.78 Å². The number of allylic oxidation sites excluding steroid dienone is 4. The van der Waals surface area contributed by atoms with E-state index in [-0.39, 0.29) is 17.0 Å². The van der Waals surface area contributed by atoms with Crippen LogP contribution < -0.4 is 0 Å². The second-order valence-electron chi connectivity index (χ2n) is 4.75. The molecule has 7 nitrogen and oxygen atoms in total. The lowest BCUT2D eigenvalue weighted by Crippen LogP contribution is -2.15. The molecule has 8 heteroatoms. The minimum atomic E-state index is -0.749. The van der Waals surface area contributed by atoms with E-state index in [2.05, 4.69) is 21.1 Å². The Balaban J connectivity index is 2.19. The van der Waals surface area contributed by atoms with Gasteiger partial charge in [-0.2, -0.15) is 0 Å². The van der Waals surface area contributed by atoms with Gasteiger partial charge in [0.1, 0.15) is 5.71 Å². The molecule has 118 valence electrons. The molecule has 0 radical (unpaired) electrons. The molecule has 0 saturated heterocycles. The molecule has 0 bridgehead atoms. The van der Waals surface area contributed by atoms with Gasteiger partial charge >= 0.3 is 5.97 Å². The first-order chi connectivity index (χ1) is 10.8. The van der Waals surface area contributed by atoms with Crippen molar-refractivity contribution in [3.05, 3.63) is 61.6 Å². The fourth-order valence-corrected chi connectivity index (χ4v) is 2.21.